The minimum atomic E-state index is -0.303. The number of aromatic amines is 1. The highest BCUT2D eigenvalue weighted by Gasteiger charge is 2.10. The van der Waals surface area contributed by atoms with E-state index in [2.05, 4.69) is 15.3 Å². The molecule has 1 aromatic carbocycles. The number of aliphatic hydroxyl groups is 1. The number of aromatic hydroxyl groups is 1. The van der Waals surface area contributed by atoms with E-state index < -0.39 is 0 Å². The number of aryl methyl sites for hydroxylation is 1. The van der Waals surface area contributed by atoms with Crippen LogP contribution in [0, 0.1) is 6.92 Å². The summed E-state index contributed by atoms with van der Waals surface area (Å²) in [5, 5.41) is 21.2. The number of benzene rings is 1. The van der Waals surface area contributed by atoms with Gasteiger partial charge in [-0.3, -0.25) is 9.59 Å². The van der Waals surface area contributed by atoms with Gasteiger partial charge in [0.25, 0.3) is 5.56 Å². The molecule has 0 aliphatic heterocycles. The van der Waals surface area contributed by atoms with E-state index in [9.17, 15) is 14.7 Å². The molecule has 1 aromatic heterocycles. The number of aliphatic hydroxyl groups excluding tert-OH is 1. The van der Waals surface area contributed by atoms with Crippen molar-refractivity contribution < 1.29 is 15.0 Å². The summed E-state index contributed by atoms with van der Waals surface area (Å²) >= 11 is 1.10. The molecular weight excluding hydrogens is 318 g/mol. The molecule has 7 nitrogen and oxygen atoms in total. The average molecular weight is 335 g/mol. The monoisotopic (exact) mass is 335 g/mol. The fourth-order valence-corrected chi connectivity index (χ4v) is 2.68. The quantitative estimate of drug-likeness (QED) is 0.463. The van der Waals surface area contributed by atoms with Crippen molar-refractivity contribution in [2.24, 2.45) is 0 Å². The van der Waals surface area contributed by atoms with Gasteiger partial charge in [-0.05, 0) is 19.1 Å². The number of nitrogens with one attached hydrogen (secondary N) is 2. The standard InChI is InChI=1S/C15H17N3O4S/c1-9-12(5-6-19)14(22)18-15(16-9)23-8-13(21)17-10-3-2-4-11(20)7-10/h2-4,7,19-20H,5-6,8H2,1H3,(H,17,21)(H,16,18,22). The van der Waals surface area contributed by atoms with Crippen LogP contribution in [0.3, 0.4) is 0 Å². The van der Waals surface area contributed by atoms with Gasteiger partial charge in [0.2, 0.25) is 5.91 Å². The average Bonchev–Trinajstić information content (AvgIpc) is 2.49. The second kappa shape index (κ2) is 7.80. The zero-order valence-electron chi connectivity index (χ0n) is 12.5. The number of nitrogens with zero attached hydrogens (tertiary/aromatic N) is 1. The zero-order chi connectivity index (χ0) is 16.8. The first-order valence-corrected chi connectivity index (χ1v) is 7.90. The van der Waals surface area contributed by atoms with Crippen molar-refractivity contribution in [2.75, 3.05) is 17.7 Å². The number of carbonyl (C=O) groups is 1. The lowest BCUT2D eigenvalue weighted by molar-refractivity contribution is -0.113. The van der Waals surface area contributed by atoms with E-state index in [1.807, 2.05) is 0 Å². The summed E-state index contributed by atoms with van der Waals surface area (Å²) in [6, 6.07) is 6.24. The Bertz CT molecular complexity index is 761. The summed E-state index contributed by atoms with van der Waals surface area (Å²) in [5.74, 6) is -0.144. The predicted octanol–water partition coefficient (Wildman–Crippen LogP) is 1.05. The highest BCUT2D eigenvalue weighted by Crippen LogP contribution is 2.17. The van der Waals surface area contributed by atoms with Gasteiger partial charge in [-0.25, -0.2) is 4.98 Å². The van der Waals surface area contributed by atoms with Crippen molar-refractivity contribution in [1.29, 1.82) is 0 Å². The number of hydrogen-bond acceptors (Lipinski definition) is 6. The fraction of sp³-hybridized carbons (Fsp3) is 0.267. The number of rotatable bonds is 6. The van der Waals surface area contributed by atoms with Gasteiger partial charge in [-0.1, -0.05) is 17.8 Å². The number of hydrogen-bond donors (Lipinski definition) is 4. The molecule has 23 heavy (non-hydrogen) atoms. The van der Waals surface area contributed by atoms with Crippen molar-refractivity contribution in [1.82, 2.24) is 9.97 Å². The van der Waals surface area contributed by atoms with Crippen molar-refractivity contribution in [2.45, 2.75) is 18.5 Å². The SMILES string of the molecule is Cc1nc(SCC(=O)Nc2cccc(O)c2)[nH]c(=O)c1CCO. The maximum absolute atomic E-state index is 11.9. The molecule has 4 N–H and O–H groups in total. The summed E-state index contributed by atoms with van der Waals surface area (Å²) < 4.78 is 0. The van der Waals surface area contributed by atoms with Gasteiger partial charge in [0.1, 0.15) is 5.75 Å². The lowest BCUT2D eigenvalue weighted by Crippen LogP contribution is -2.19. The molecule has 0 spiro atoms. The van der Waals surface area contributed by atoms with Gasteiger partial charge in [-0.15, -0.1) is 0 Å². The number of thioether (sulfide) groups is 1. The van der Waals surface area contributed by atoms with Crippen LogP contribution in [0.4, 0.5) is 5.69 Å². The smallest absolute Gasteiger partial charge is 0.255 e. The maximum atomic E-state index is 11.9. The van der Waals surface area contributed by atoms with Crippen LogP contribution in [0.25, 0.3) is 0 Å². The summed E-state index contributed by atoms with van der Waals surface area (Å²) in [4.78, 5) is 30.6. The third-order valence-corrected chi connectivity index (χ3v) is 3.91. The van der Waals surface area contributed by atoms with E-state index in [0.717, 1.165) is 11.8 Å². The van der Waals surface area contributed by atoms with Gasteiger partial charge in [-0.2, -0.15) is 0 Å². The first-order chi connectivity index (χ1) is 11.0. The number of anilines is 1. The van der Waals surface area contributed by atoms with Crippen molar-refractivity contribution in [3.05, 3.63) is 45.9 Å². The van der Waals surface area contributed by atoms with Crippen LogP contribution in [0.5, 0.6) is 5.75 Å². The Morgan fingerprint density at radius 3 is 2.87 bits per heavy atom. The Hall–Kier alpha value is -2.32. The highest BCUT2D eigenvalue weighted by atomic mass is 32.2. The van der Waals surface area contributed by atoms with Gasteiger partial charge in [0.15, 0.2) is 5.16 Å². The van der Waals surface area contributed by atoms with Crippen LogP contribution in [0.15, 0.2) is 34.2 Å². The second-order valence-electron chi connectivity index (χ2n) is 4.80. The number of H-pyrrole nitrogens is 1. The number of amides is 1. The van der Waals surface area contributed by atoms with E-state index in [4.69, 9.17) is 5.11 Å². The Balaban J connectivity index is 1.98. The normalized spacial score (nSPS) is 10.5. The third kappa shape index (κ3) is 4.83. The fourth-order valence-electron chi connectivity index (χ4n) is 1.97. The zero-order valence-corrected chi connectivity index (χ0v) is 13.3. The molecule has 0 aliphatic carbocycles. The van der Waals surface area contributed by atoms with Crippen molar-refractivity contribution >= 4 is 23.4 Å². The lowest BCUT2D eigenvalue weighted by atomic mass is 10.2. The molecule has 2 rings (SSSR count). The summed E-state index contributed by atoms with van der Waals surface area (Å²) in [6.45, 7) is 1.57. The number of aromatic nitrogens is 2. The molecule has 0 saturated heterocycles. The first-order valence-electron chi connectivity index (χ1n) is 6.92. The predicted molar refractivity (Wildman–Crippen MR) is 87.8 cm³/mol. The number of carbonyl (C=O) groups excluding carboxylic acids is 1. The molecule has 0 atom stereocenters. The molecule has 0 bridgehead atoms. The Labute approximate surface area is 136 Å². The second-order valence-corrected chi connectivity index (χ2v) is 5.76. The van der Waals surface area contributed by atoms with Crippen LogP contribution in [-0.2, 0) is 11.2 Å². The molecule has 0 saturated carbocycles. The Kier molecular flexibility index (Phi) is 5.78. The molecule has 0 fully saturated rings. The first kappa shape index (κ1) is 17.0. The van der Waals surface area contributed by atoms with Crippen LogP contribution < -0.4 is 10.9 Å². The molecule has 0 unspecified atom stereocenters. The van der Waals surface area contributed by atoms with Crippen molar-refractivity contribution in [3.63, 3.8) is 0 Å². The largest absolute Gasteiger partial charge is 0.508 e. The summed E-state index contributed by atoms with van der Waals surface area (Å²) in [5.41, 5.74) is 1.17. The molecule has 2 aromatic rings. The summed E-state index contributed by atoms with van der Waals surface area (Å²) in [6.07, 6.45) is 0.247. The maximum Gasteiger partial charge on any atom is 0.255 e. The number of phenols is 1. The van der Waals surface area contributed by atoms with Crippen LogP contribution >= 0.6 is 11.8 Å². The molecule has 1 heterocycles. The number of phenolic OH excluding ortho intramolecular Hbond substituents is 1. The molecule has 0 aliphatic rings. The Morgan fingerprint density at radius 2 is 2.22 bits per heavy atom. The summed E-state index contributed by atoms with van der Waals surface area (Å²) in [7, 11) is 0. The van der Waals surface area contributed by atoms with Crippen LogP contribution in [-0.4, -0.2) is 38.4 Å². The van der Waals surface area contributed by atoms with Crippen molar-refractivity contribution in [3.8, 4) is 5.75 Å². The molecule has 1 amide bonds. The minimum absolute atomic E-state index is 0.0662. The topological polar surface area (TPSA) is 115 Å². The van der Waals surface area contributed by atoms with E-state index >= 15 is 0 Å². The van der Waals surface area contributed by atoms with E-state index in [1.165, 1.54) is 12.1 Å². The van der Waals surface area contributed by atoms with Gasteiger partial charge in [0, 0.05) is 36.0 Å². The molecule has 122 valence electrons. The van der Waals surface area contributed by atoms with E-state index in [1.54, 1.807) is 19.1 Å². The highest BCUT2D eigenvalue weighted by molar-refractivity contribution is 7.99. The molecular formula is C15H17N3O4S. The third-order valence-electron chi connectivity index (χ3n) is 3.03. The minimum Gasteiger partial charge on any atom is -0.508 e. The molecule has 0 radical (unpaired) electrons. The van der Waals surface area contributed by atoms with Gasteiger partial charge >= 0.3 is 0 Å². The Morgan fingerprint density at radius 1 is 1.43 bits per heavy atom. The van der Waals surface area contributed by atoms with Gasteiger partial charge < -0.3 is 20.5 Å². The van der Waals surface area contributed by atoms with Crippen LogP contribution in [0.2, 0.25) is 0 Å². The van der Waals surface area contributed by atoms with Gasteiger partial charge in [0.05, 0.1) is 5.75 Å². The lowest BCUT2D eigenvalue weighted by Gasteiger charge is -2.07. The van der Waals surface area contributed by atoms with Crippen LogP contribution in [0.1, 0.15) is 11.3 Å². The van der Waals surface area contributed by atoms with E-state index in [-0.39, 0.29) is 36.0 Å². The molecule has 8 heteroatoms. The van der Waals surface area contributed by atoms with E-state index in [0.29, 0.717) is 22.1 Å².